The molecule has 1 aromatic rings. The second-order valence-electron chi connectivity index (χ2n) is 4.82. The highest BCUT2D eigenvalue weighted by atomic mass is 14.8. The van der Waals surface area contributed by atoms with Crippen LogP contribution in [0.2, 0.25) is 0 Å². The molecule has 0 saturated carbocycles. The molecule has 0 aromatic carbocycles. The van der Waals surface area contributed by atoms with Crippen molar-refractivity contribution in [3.05, 3.63) is 28.1 Å². The van der Waals surface area contributed by atoms with Crippen molar-refractivity contribution in [1.29, 1.82) is 0 Å². The minimum absolute atomic E-state index is 0.703. The van der Waals surface area contributed by atoms with Gasteiger partial charge in [0, 0.05) is 11.4 Å². The van der Waals surface area contributed by atoms with Crippen molar-refractivity contribution < 1.29 is 0 Å². The molecule has 2 aliphatic rings. The first-order chi connectivity index (χ1) is 7.77. The van der Waals surface area contributed by atoms with E-state index in [-0.39, 0.29) is 0 Å². The molecule has 3 rings (SSSR count). The molecular weight excluding hydrogens is 194 g/mol. The van der Waals surface area contributed by atoms with Crippen molar-refractivity contribution in [1.82, 2.24) is 4.98 Å². The maximum atomic E-state index is 4.88. The highest BCUT2D eigenvalue weighted by molar-refractivity contribution is 5.45. The molecule has 0 bridgehead atoms. The summed E-state index contributed by atoms with van der Waals surface area (Å²) in [6.45, 7) is 8.63. The summed E-state index contributed by atoms with van der Waals surface area (Å²) in [5.74, 6) is 0.703. The molecule has 1 heterocycles. The van der Waals surface area contributed by atoms with Crippen molar-refractivity contribution >= 4 is 0 Å². The second-order valence-corrected chi connectivity index (χ2v) is 4.82. The van der Waals surface area contributed by atoms with Crippen LogP contribution in [0.25, 0.3) is 0 Å². The van der Waals surface area contributed by atoms with Crippen LogP contribution in [-0.4, -0.2) is 4.98 Å². The van der Waals surface area contributed by atoms with Crippen LogP contribution in [0.15, 0.2) is 0 Å². The van der Waals surface area contributed by atoms with E-state index < -0.39 is 0 Å². The Hall–Kier alpha value is -0.850. The van der Waals surface area contributed by atoms with Gasteiger partial charge in [-0.05, 0) is 61.6 Å². The zero-order valence-electron chi connectivity index (χ0n) is 11.1. The quantitative estimate of drug-likeness (QED) is 0.641. The predicted octanol–water partition coefficient (Wildman–Crippen LogP) is 3.95. The van der Waals surface area contributed by atoms with E-state index in [0.29, 0.717) is 5.92 Å². The predicted molar refractivity (Wildman–Crippen MR) is 69.1 cm³/mol. The van der Waals surface area contributed by atoms with Crippen LogP contribution in [0.3, 0.4) is 0 Å². The third-order valence-electron chi connectivity index (χ3n) is 3.95. The van der Waals surface area contributed by atoms with E-state index in [4.69, 9.17) is 4.98 Å². The third kappa shape index (κ3) is 1.66. The van der Waals surface area contributed by atoms with E-state index in [2.05, 4.69) is 13.8 Å². The highest BCUT2D eigenvalue weighted by Gasteiger charge is 2.26. The van der Waals surface area contributed by atoms with Crippen LogP contribution >= 0.6 is 0 Å². The van der Waals surface area contributed by atoms with E-state index >= 15 is 0 Å². The van der Waals surface area contributed by atoms with Crippen LogP contribution in [0.4, 0.5) is 0 Å². The van der Waals surface area contributed by atoms with Gasteiger partial charge in [0.25, 0.3) is 0 Å². The fourth-order valence-corrected chi connectivity index (χ4v) is 3.06. The molecule has 0 saturated heterocycles. The Morgan fingerprint density at radius 1 is 1.06 bits per heavy atom. The molecule has 0 radical (unpaired) electrons. The van der Waals surface area contributed by atoms with Gasteiger partial charge >= 0.3 is 0 Å². The highest BCUT2D eigenvalue weighted by Crippen LogP contribution is 2.37. The molecule has 1 aromatic heterocycles. The summed E-state index contributed by atoms with van der Waals surface area (Å²) in [5, 5.41) is 0. The van der Waals surface area contributed by atoms with E-state index in [0.717, 1.165) is 0 Å². The molecule has 0 fully saturated rings. The van der Waals surface area contributed by atoms with Gasteiger partial charge in [-0.3, -0.25) is 4.98 Å². The normalized spacial score (nSPS) is 21.1. The summed E-state index contributed by atoms with van der Waals surface area (Å²) in [6, 6.07) is 0. The Bertz CT molecular complexity index is 393. The van der Waals surface area contributed by atoms with Gasteiger partial charge in [-0.2, -0.15) is 0 Å². The summed E-state index contributed by atoms with van der Waals surface area (Å²) in [6.07, 6.45) is 6.39. The standard InChI is InChI=1S/C13H17N.C2H6/c1-8-6-7-11-9(2)10-4-3-5-12(10)14-13(8)11;1-2/h8H,3-7H2,1-2H3;1-2H3. The molecule has 2 aliphatic carbocycles. The zero-order chi connectivity index (χ0) is 11.7. The summed E-state index contributed by atoms with van der Waals surface area (Å²) in [4.78, 5) is 4.88. The fraction of sp³-hybridized carbons (Fsp3) is 0.667. The maximum absolute atomic E-state index is 4.88. The lowest BCUT2D eigenvalue weighted by Gasteiger charge is -2.11. The summed E-state index contributed by atoms with van der Waals surface area (Å²) < 4.78 is 0. The van der Waals surface area contributed by atoms with Gasteiger partial charge in [-0.15, -0.1) is 0 Å². The number of nitrogens with zero attached hydrogens (tertiary/aromatic N) is 1. The molecule has 0 spiro atoms. The molecule has 1 nitrogen and oxygen atoms in total. The first kappa shape index (κ1) is 11.6. The van der Waals surface area contributed by atoms with Crippen LogP contribution in [0.5, 0.6) is 0 Å². The van der Waals surface area contributed by atoms with Gasteiger partial charge in [0.2, 0.25) is 0 Å². The number of pyridine rings is 1. The largest absolute Gasteiger partial charge is 0.257 e. The molecule has 88 valence electrons. The first-order valence-electron chi connectivity index (χ1n) is 6.78. The monoisotopic (exact) mass is 217 g/mol. The van der Waals surface area contributed by atoms with Crippen LogP contribution < -0.4 is 0 Å². The van der Waals surface area contributed by atoms with Gasteiger partial charge in [-0.25, -0.2) is 0 Å². The van der Waals surface area contributed by atoms with Crippen molar-refractivity contribution in [2.75, 3.05) is 0 Å². The van der Waals surface area contributed by atoms with Crippen molar-refractivity contribution in [2.45, 2.75) is 65.7 Å². The van der Waals surface area contributed by atoms with Crippen LogP contribution in [0.1, 0.15) is 67.6 Å². The van der Waals surface area contributed by atoms with Crippen molar-refractivity contribution in [2.24, 2.45) is 0 Å². The molecular formula is C15H23N. The van der Waals surface area contributed by atoms with E-state index in [1.165, 1.54) is 43.5 Å². The lowest BCUT2D eigenvalue weighted by Crippen LogP contribution is -2.01. The minimum Gasteiger partial charge on any atom is -0.257 e. The molecule has 1 atom stereocenters. The van der Waals surface area contributed by atoms with E-state index in [1.807, 2.05) is 13.8 Å². The fourth-order valence-electron chi connectivity index (χ4n) is 3.06. The number of aromatic nitrogens is 1. The Labute approximate surface area is 99.3 Å². The topological polar surface area (TPSA) is 12.9 Å². The third-order valence-corrected chi connectivity index (χ3v) is 3.95. The molecule has 1 unspecified atom stereocenters. The second kappa shape index (κ2) is 4.57. The Morgan fingerprint density at radius 3 is 2.56 bits per heavy atom. The molecule has 1 heteroatoms. The average molecular weight is 217 g/mol. The van der Waals surface area contributed by atoms with Crippen molar-refractivity contribution in [3.8, 4) is 0 Å². The number of rotatable bonds is 0. The van der Waals surface area contributed by atoms with E-state index in [9.17, 15) is 0 Å². The van der Waals surface area contributed by atoms with Crippen LogP contribution in [-0.2, 0) is 19.3 Å². The summed E-state index contributed by atoms with van der Waals surface area (Å²) in [5.41, 5.74) is 7.57. The number of aryl methyl sites for hydroxylation is 1. The van der Waals surface area contributed by atoms with Gasteiger partial charge < -0.3 is 0 Å². The van der Waals surface area contributed by atoms with E-state index in [1.54, 1.807) is 16.7 Å². The number of hydrogen-bond acceptors (Lipinski definition) is 1. The minimum atomic E-state index is 0.703. The average Bonchev–Trinajstić information content (AvgIpc) is 2.90. The van der Waals surface area contributed by atoms with Gasteiger partial charge in [0.05, 0.1) is 0 Å². The summed E-state index contributed by atoms with van der Waals surface area (Å²) in [7, 11) is 0. The Kier molecular flexibility index (Phi) is 3.32. The molecule has 0 amide bonds. The maximum Gasteiger partial charge on any atom is 0.0469 e. The molecule has 0 aliphatic heterocycles. The first-order valence-corrected chi connectivity index (χ1v) is 6.78. The van der Waals surface area contributed by atoms with Gasteiger partial charge in [0.1, 0.15) is 0 Å². The van der Waals surface area contributed by atoms with Crippen molar-refractivity contribution in [3.63, 3.8) is 0 Å². The lowest BCUT2D eigenvalue weighted by molar-refractivity contribution is 0.726. The number of hydrogen-bond donors (Lipinski definition) is 0. The molecule has 0 N–H and O–H groups in total. The van der Waals surface area contributed by atoms with Crippen LogP contribution in [0, 0.1) is 6.92 Å². The van der Waals surface area contributed by atoms with Gasteiger partial charge in [0.15, 0.2) is 0 Å². The summed E-state index contributed by atoms with van der Waals surface area (Å²) >= 11 is 0. The number of fused-ring (bicyclic) bond motifs is 2. The smallest absolute Gasteiger partial charge is 0.0469 e. The Morgan fingerprint density at radius 2 is 1.81 bits per heavy atom. The van der Waals surface area contributed by atoms with Gasteiger partial charge in [-0.1, -0.05) is 20.8 Å². The zero-order valence-corrected chi connectivity index (χ0v) is 11.1. The Balaban J connectivity index is 0.000000457. The molecule has 16 heavy (non-hydrogen) atoms. The SMILES string of the molecule is CC.Cc1c2c(nc3c1CCC3C)CCC2. The lowest BCUT2D eigenvalue weighted by atomic mass is 10.0.